The highest BCUT2D eigenvalue weighted by atomic mass is 32.2. The van der Waals surface area contributed by atoms with Gasteiger partial charge < -0.3 is 10.1 Å². The first kappa shape index (κ1) is 18.3. The highest BCUT2D eigenvalue weighted by molar-refractivity contribution is 7.90. The summed E-state index contributed by atoms with van der Waals surface area (Å²) in [4.78, 5) is 0.299. The van der Waals surface area contributed by atoms with Crippen LogP contribution in [-0.2, 0) is 16.3 Å². The topological polar surface area (TPSA) is 55.4 Å². The van der Waals surface area contributed by atoms with Gasteiger partial charge in [-0.2, -0.15) is 0 Å². The van der Waals surface area contributed by atoms with E-state index < -0.39 is 9.84 Å². The summed E-state index contributed by atoms with van der Waals surface area (Å²) in [5, 5.41) is 3.13. The second-order valence-electron chi connectivity index (χ2n) is 6.82. The molecule has 1 aliphatic rings. The summed E-state index contributed by atoms with van der Waals surface area (Å²) in [6.07, 6.45) is 1.96. The molecule has 0 bridgehead atoms. The Balaban J connectivity index is 1.83. The van der Waals surface area contributed by atoms with Gasteiger partial charge in [0.2, 0.25) is 0 Å². The van der Waals surface area contributed by atoms with E-state index in [-0.39, 0.29) is 0 Å². The summed E-state index contributed by atoms with van der Waals surface area (Å²) in [5.74, 6) is 1.59. The molecule has 1 N–H and O–H groups in total. The monoisotopic (exact) mass is 391 g/mol. The van der Waals surface area contributed by atoms with Crippen LogP contribution < -0.4 is 10.1 Å². The van der Waals surface area contributed by atoms with Crippen molar-refractivity contribution in [3.8, 4) is 5.75 Å². The quantitative estimate of drug-likeness (QED) is 0.704. The summed E-state index contributed by atoms with van der Waals surface area (Å²) in [6.45, 7) is 0. The molecule has 0 radical (unpaired) electrons. The van der Waals surface area contributed by atoms with Crippen LogP contribution in [0.4, 0.5) is 5.69 Å². The summed E-state index contributed by atoms with van der Waals surface area (Å²) >= 11 is 0. The van der Waals surface area contributed by atoms with E-state index in [1.165, 1.54) is 6.26 Å². The number of sulfone groups is 1. The number of ether oxygens (including phenoxy) is 1. The fourth-order valence-corrected chi connectivity index (χ4v) is 3.98. The lowest BCUT2D eigenvalue weighted by molar-refractivity contribution is 0.502. The van der Waals surface area contributed by atoms with Gasteiger partial charge in [-0.3, -0.25) is 0 Å². The molecule has 0 spiro atoms. The molecule has 0 aliphatic carbocycles. The van der Waals surface area contributed by atoms with E-state index in [1.54, 1.807) is 12.1 Å². The molecular weight excluding hydrogens is 370 g/mol. The molecule has 142 valence electrons. The van der Waals surface area contributed by atoms with Gasteiger partial charge >= 0.3 is 0 Å². The van der Waals surface area contributed by atoms with E-state index in [0.29, 0.717) is 4.90 Å². The number of allylic oxidation sites excluding steroid dienone is 1. The maximum atomic E-state index is 11.8. The second kappa shape index (κ2) is 7.17. The van der Waals surface area contributed by atoms with Crippen molar-refractivity contribution < 1.29 is 13.2 Å². The Hall–Kier alpha value is -3.05. The van der Waals surface area contributed by atoms with Crippen molar-refractivity contribution in [2.75, 3.05) is 18.6 Å². The van der Waals surface area contributed by atoms with Gasteiger partial charge in [0.15, 0.2) is 9.84 Å². The molecule has 0 amide bonds. The lowest BCUT2D eigenvalue weighted by Gasteiger charge is -2.24. The highest BCUT2D eigenvalue weighted by Gasteiger charge is 2.22. The molecule has 4 nitrogen and oxygen atoms in total. The Morgan fingerprint density at radius 1 is 0.857 bits per heavy atom. The van der Waals surface area contributed by atoms with Crippen LogP contribution in [0.1, 0.15) is 16.7 Å². The lowest BCUT2D eigenvalue weighted by atomic mass is 9.92. The highest BCUT2D eigenvalue weighted by Crippen LogP contribution is 2.39. The number of fused-ring (bicyclic) bond motifs is 1. The standard InChI is InChI=1S/C23H21NO3S/c1-24-19-11-7-16(8-12-19)21-15-18-5-3-4-6-22(18)27-23(21)17-9-13-20(14-10-17)28(2,25)26/h3-14,24H,15H2,1-2H3. The van der Waals surface area contributed by atoms with Crippen LogP contribution in [-0.4, -0.2) is 21.7 Å². The second-order valence-corrected chi connectivity index (χ2v) is 8.83. The normalized spacial score (nSPS) is 13.6. The average Bonchev–Trinajstić information content (AvgIpc) is 2.72. The van der Waals surface area contributed by atoms with Gasteiger partial charge in [0, 0.05) is 36.5 Å². The maximum absolute atomic E-state index is 11.8. The van der Waals surface area contributed by atoms with Crippen LogP contribution in [0, 0.1) is 0 Å². The molecule has 4 rings (SSSR count). The molecule has 0 aromatic heterocycles. The molecule has 0 saturated heterocycles. The van der Waals surface area contributed by atoms with Crippen molar-refractivity contribution in [3.63, 3.8) is 0 Å². The van der Waals surface area contributed by atoms with Crippen LogP contribution >= 0.6 is 0 Å². The van der Waals surface area contributed by atoms with Gasteiger partial charge in [-0.05, 0) is 53.6 Å². The Morgan fingerprint density at radius 2 is 1.50 bits per heavy atom. The first-order valence-electron chi connectivity index (χ1n) is 9.03. The van der Waals surface area contributed by atoms with Crippen LogP contribution in [0.3, 0.4) is 0 Å². The van der Waals surface area contributed by atoms with Crippen molar-refractivity contribution in [2.24, 2.45) is 0 Å². The summed E-state index contributed by atoms with van der Waals surface area (Å²) in [6, 6.07) is 23.1. The van der Waals surface area contributed by atoms with E-state index in [2.05, 4.69) is 23.5 Å². The van der Waals surface area contributed by atoms with Gasteiger partial charge in [-0.15, -0.1) is 0 Å². The van der Waals surface area contributed by atoms with Crippen LogP contribution in [0.5, 0.6) is 5.75 Å². The largest absolute Gasteiger partial charge is 0.456 e. The van der Waals surface area contributed by atoms with Gasteiger partial charge in [0.25, 0.3) is 0 Å². The first-order valence-corrected chi connectivity index (χ1v) is 10.9. The van der Waals surface area contributed by atoms with Crippen LogP contribution in [0.2, 0.25) is 0 Å². The number of hydrogen-bond acceptors (Lipinski definition) is 4. The summed E-state index contributed by atoms with van der Waals surface area (Å²) in [5.41, 5.74) is 5.19. The zero-order chi connectivity index (χ0) is 19.7. The molecule has 0 saturated carbocycles. The van der Waals surface area contributed by atoms with E-state index >= 15 is 0 Å². The number of rotatable bonds is 4. The van der Waals surface area contributed by atoms with E-state index in [4.69, 9.17) is 4.74 Å². The minimum Gasteiger partial charge on any atom is -0.456 e. The van der Waals surface area contributed by atoms with Gasteiger partial charge in [-0.25, -0.2) is 8.42 Å². The Labute approximate surface area is 165 Å². The third-order valence-electron chi connectivity index (χ3n) is 4.89. The smallest absolute Gasteiger partial charge is 0.175 e. The number of para-hydroxylation sites is 1. The van der Waals surface area contributed by atoms with Crippen molar-refractivity contribution in [3.05, 3.63) is 89.5 Å². The summed E-state index contributed by atoms with van der Waals surface area (Å²) in [7, 11) is -1.34. The number of nitrogens with one attached hydrogen (secondary N) is 1. The van der Waals surface area contributed by atoms with Crippen molar-refractivity contribution in [2.45, 2.75) is 11.3 Å². The number of benzene rings is 3. The molecule has 0 unspecified atom stereocenters. The molecule has 28 heavy (non-hydrogen) atoms. The molecule has 5 heteroatoms. The maximum Gasteiger partial charge on any atom is 0.175 e. The van der Waals surface area contributed by atoms with Crippen molar-refractivity contribution in [1.29, 1.82) is 0 Å². The molecule has 0 fully saturated rings. The lowest BCUT2D eigenvalue weighted by Crippen LogP contribution is -2.09. The minimum absolute atomic E-state index is 0.299. The minimum atomic E-state index is -3.24. The fourth-order valence-electron chi connectivity index (χ4n) is 3.35. The van der Waals surface area contributed by atoms with E-state index in [9.17, 15) is 8.42 Å². The Morgan fingerprint density at radius 3 is 2.14 bits per heavy atom. The van der Waals surface area contributed by atoms with Gasteiger partial charge in [-0.1, -0.05) is 30.3 Å². The molecule has 1 aliphatic heterocycles. The zero-order valence-electron chi connectivity index (χ0n) is 15.8. The van der Waals surface area contributed by atoms with E-state index in [0.717, 1.165) is 45.9 Å². The average molecular weight is 391 g/mol. The third kappa shape index (κ3) is 3.53. The number of anilines is 1. The Bertz CT molecular complexity index is 1150. The van der Waals surface area contributed by atoms with E-state index in [1.807, 2.05) is 49.5 Å². The molecule has 1 heterocycles. The molecule has 0 atom stereocenters. The van der Waals surface area contributed by atoms with Crippen LogP contribution in [0.25, 0.3) is 11.3 Å². The van der Waals surface area contributed by atoms with Crippen molar-refractivity contribution >= 4 is 26.9 Å². The van der Waals surface area contributed by atoms with Crippen LogP contribution in [0.15, 0.2) is 77.7 Å². The molecule has 3 aromatic rings. The third-order valence-corrected chi connectivity index (χ3v) is 6.02. The SMILES string of the molecule is CNc1ccc(C2=C(c3ccc(S(C)(=O)=O)cc3)Oc3ccccc3C2)cc1. The fraction of sp³-hybridized carbons (Fsp3) is 0.130. The zero-order valence-corrected chi connectivity index (χ0v) is 16.6. The predicted octanol–water partition coefficient (Wildman–Crippen LogP) is 4.64. The predicted molar refractivity (Wildman–Crippen MR) is 113 cm³/mol. The molecule has 3 aromatic carbocycles. The summed E-state index contributed by atoms with van der Waals surface area (Å²) < 4.78 is 29.8. The number of hydrogen-bond donors (Lipinski definition) is 1. The Kier molecular flexibility index (Phi) is 4.69. The van der Waals surface area contributed by atoms with Gasteiger partial charge in [0.05, 0.1) is 4.90 Å². The first-order chi connectivity index (χ1) is 13.5. The molecular formula is C23H21NO3S. The van der Waals surface area contributed by atoms with Gasteiger partial charge in [0.1, 0.15) is 11.5 Å². The van der Waals surface area contributed by atoms with Crippen molar-refractivity contribution in [1.82, 2.24) is 0 Å².